The highest BCUT2D eigenvalue weighted by atomic mass is 32.2. The average Bonchev–Trinajstić information content (AvgIpc) is 2.35. The van der Waals surface area contributed by atoms with Crippen LogP contribution in [0, 0.1) is 0 Å². The second kappa shape index (κ2) is 6.03. The van der Waals surface area contributed by atoms with Crippen LogP contribution in [-0.2, 0) is 15.0 Å². The minimum absolute atomic E-state index is 0.259. The lowest BCUT2D eigenvalue weighted by molar-refractivity contribution is -0.135. The maximum Gasteiger partial charge on any atom is 0.324 e. The molecular weight excluding hydrogens is 268 g/mol. The standard InChI is InChI=1S/C12H18N2O4S/c1-10(2)13(3)19(17,18)14(9-12(15)16)11-7-5-4-6-8-11/h4-8,10H,9H2,1-3H3,(H,15,16). The van der Waals surface area contributed by atoms with E-state index in [2.05, 4.69) is 0 Å². The van der Waals surface area contributed by atoms with Crippen molar-refractivity contribution in [2.24, 2.45) is 0 Å². The van der Waals surface area contributed by atoms with E-state index in [1.807, 2.05) is 0 Å². The van der Waals surface area contributed by atoms with Gasteiger partial charge < -0.3 is 5.11 Å². The summed E-state index contributed by atoms with van der Waals surface area (Å²) < 4.78 is 26.8. The normalized spacial score (nSPS) is 11.8. The van der Waals surface area contributed by atoms with E-state index in [0.29, 0.717) is 5.69 Å². The number of anilines is 1. The summed E-state index contributed by atoms with van der Waals surface area (Å²) in [6.07, 6.45) is 0. The summed E-state index contributed by atoms with van der Waals surface area (Å²) in [6.45, 7) is 2.84. The van der Waals surface area contributed by atoms with Crippen molar-refractivity contribution < 1.29 is 18.3 Å². The smallest absolute Gasteiger partial charge is 0.324 e. The van der Waals surface area contributed by atoms with Crippen LogP contribution in [0.1, 0.15) is 13.8 Å². The van der Waals surface area contributed by atoms with E-state index in [1.165, 1.54) is 7.05 Å². The molecule has 0 bridgehead atoms. The van der Waals surface area contributed by atoms with Gasteiger partial charge in [-0.1, -0.05) is 18.2 Å². The fourth-order valence-electron chi connectivity index (χ4n) is 1.45. The number of carbonyl (C=O) groups is 1. The SMILES string of the molecule is CC(C)N(C)S(=O)(=O)N(CC(=O)O)c1ccccc1. The molecule has 0 amide bonds. The first kappa shape index (κ1) is 15.5. The zero-order valence-corrected chi connectivity index (χ0v) is 12.0. The molecule has 0 aliphatic rings. The molecule has 0 atom stereocenters. The Labute approximate surface area is 113 Å². The summed E-state index contributed by atoms with van der Waals surface area (Å²) in [5.74, 6) is -1.20. The zero-order chi connectivity index (χ0) is 14.6. The van der Waals surface area contributed by atoms with E-state index in [0.717, 1.165) is 8.61 Å². The molecule has 0 aliphatic heterocycles. The molecule has 0 fully saturated rings. The van der Waals surface area contributed by atoms with E-state index in [9.17, 15) is 13.2 Å². The quantitative estimate of drug-likeness (QED) is 0.851. The number of para-hydroxylation sites is 1. The number of hydrogen-bond acceptors (Lipinski definition) is 3. The van der Waals surface area contributed by atoms with Crippen LogP contribution in [-0.4, -0.2) is 43.4 Å². The van der Waals surface area contributed by atoms with E-state index < -0.39 is 22.7 Å². The van der Waals surface area contributed by atoms with Crippen molar-refractivity contribution in [1.29, 1.82) is 0 Å². The number of carboxylic acid groups (broad SMARTS) is 1. The summed E-state index contributed by atoms with van der Waals surface area (Å²) in [5.41, 5.74) is 0.331. The molecule has 19 heavy (non-hydrogen) atoms. The monoisotopic (exact) mass is 286 g/mol. The van der Waals surface area contributed by atoms with Gasteiger partial charge in [-0.15, -0.1) is 0 Å². The van der Waals surface area contributed by atoms with Gasteiger partial charge in [-0.25, -0.2) is 4.31 Å². The van der Waals surface area contributed by atoms with Crippen LogP contribution in [0.5, 0.6) is 0 Å². The summed E-state index contributed by atoms with van der Waals surface area (Å²) >= 11 is 0. The third-order valence-corrected chi connectivity index (χ3v) is 4.74. The van der Waals surface area contributed by atoms with E-state index >= 15 is 0 Å². The Hall–Kier alpha value is -1.60. The van der Waals surface area contributed by atoms with Gasteiger partial charge in [-0.3, -0.25) is 4.79 Å². The fourth-order valence-corrected chi connectivity index (χ4v) is 2.95. The Kier molecular flexibility index (Phi) is 4.90. The highest BCUT2D eigenvalue weighted by molar-refractivity contribution is 7.90. The van der Waals surface area contributed by atoms with Crippen molar-refractivity contribution in [3.05, 3.63) is 30.3 Å². The molecule has 0 aromatic heterocycles. The lowest BCUT2D eigenvalue weighted by atomic mass is 10.3. The number of aliphatic carboxylic acids is 1. The first-order valence-corrected chi connectivity index (χ1v) is 7.19. The Morgan fingerprint density at radius 2 is 1.79 bits per heavy atom. The molecule has 106 valence electrons. The minimum Gasteiger partial charge on any atom is -0.480 e. The lowest BCUT2D eigenvalue weighted by Crippen LogP contribution is -2.46. The largest absolute Gasteiger partial charge is 0.480 e. The van der Waals surface area contributed by atoms with Crippen molar-refractivity contribution in [3.63, 3.8) is 0 Å². The highest BCUT2D eigenvalue weighted by Crippen LogP contribution is 2.20. The number of benzene rings is 1. The van der Waals surface area contributed by atoms with E-state index in [1.54, 1.807) is 44.2 Å². The van der Waals surface area contributed by atoms with Gasteiger partial charge in [0.25, 0.3) is 0 Å². The Morgan fingerprint density at radius 3 is 2.21 bits per heavy atom. The van der Waals surface area contributed by atoms with Gasteiger partial charge in [-0.2, -0.15) is 12.7 Å². The van der Waals surface area contributed by atoms with Gasteiger partial charge in [0.05, 0.1) is 5.69 Å². The van der Waals surface area contributed by atoms with Crippen LogP contribution in [0.15, 0.2) is 30.3 Å². The number of hydrogen-bond donors (Lipinski definition) is 1. The van der Waals surface area contributed by atoms with Crippen LogP contribution in [0.25, 0.3) is 0 Å². The van der Waals surface area contributed by atoms with Gasteiger partial charge in [0, 0.05) is 13.1 Å². The molecule has 0 aliphatic carbocycles. The van der Waals surface area contributed by atoms with Crippen molar-refractivity contribution in [2.45, 2.75) is 19.9 Å². The van der Waals surface area contributed by atoms with Crippen LogP contribution in [0.2, 0.25) is 0 Å². The maximum atomic E-state index is 12.4. The van der Waals surface area contributed by atoms with Crippen LogP contribution < -0.4 is 4.31 Å². The van der Waals surface area contributed by atoms with Crippen molar-refractivity contribution in [2.75, 3.05) is 17.9 Å². The van der Waals surface area contributed by atoms with Crippen molar-refractivity contribution in [1.82, 2.24) is 4.31 Å². The second-order valence-corrected chi connectivity index (χ2v) is 6.27. The highest BCUT2D eigenvalue weighted by Gasteiger charge is 2.30. The van der Waals surface area contributed by atoms with E-state index in [4.69, 9.17) is 5.11 Å². The molecule has 0 radical (unpaired) electrons. The molecule has 6 nitrogen and oxygen atoms in total. The molecule has 1 rings (SSSR count). The van der Waals surface area contributed by atoms with Gasteiger partial charge in [0.1, 0.15) is 6.54 Å². The third kappa shape index (κ3) is 3.68. The molecule has 0 heterocycles. The minimum atomic E-state index is -3.86. The summed E-state index contributed by atoms with van der Waals surface area (Å²) in [7, 11) is -2.43. The predicted molar refractivity (Wildman–Crippen MR) is 73.2 cm³/mol. The molecule has 0 spiro atoms. The molecule has 1 N–H and O–H groups in total. The fraction of sp³-hybridized carbons (Fsp3) is 0.417. The Bertz CT molecular complexity index is 528. The summed E-state index contributed by atoms with van der Waals surface area (Å²) in [6, 6.07) is 7.93. The molecule has 1 aromatic rings. The number of carboxylic acids is 1. The van der Waals surface area contributed by atoms with Crippen LogP contribution in [0.4, 0.5) is 5.69 Å². The van der Waals surface area contributed by atoms with Gasteiger partial charge in [0.2, 0.25) is 0 Å². The Balaban J connectivity index is 3.22. The van der Waals surface area contributed by atoms with Crippen molar-refractivity contribution in [3.8, 4) is 0 Å². The second-order valence-electron chi connectivity index (χ2n) is 4.35. The van der Waals surface area contributed by atoms with Gasteiger partial charge >= 0.3 is 16.2 Å². The molecule has 0 saturated heterocycles. The topological polar surface area (TPSA) is 77.9 Å². The Morgan fingerprint density at radius 1 is 1.26 bits per heavy atom. The summed E-state index contributed by atoms with van der Waals surface area (Å²) in [4.78, 5) is 10.9. The number of rotatable bonds is 6. The molecule has 0 saturated carbocycles. The molecule has 7 heteroatoms. The van der Waals surface area contributed by atoms with Crippen LogP contribution in [0.3, 0.4) is 0 Å². The van der Waals surface area contributed by atoms with Gasteiger partial charge in [0.15, 0.2) is 0 Å². The zero-order valence-electron chi connectivity index (χ0n) is 11.1. The van der Waals surface area contributed by atoms with E-state index in [-0.39, 0.29) is 6.04 Å². The summed E-state index contributed by atoms with van der Waals surface area (Å²) in [5, 5.41) is 8.90. The maximum absolute atomic E-state index is 12.4. The first-order chi connectivity index (χ1) is 8.76. The first-order valence-electron chi connectivity index (χ1n) is 5.79. The average molecular weight is 286 g/mol. The molecule has 0 unspecified atom stereocenters. The molecular formula is C12H18N2O4S. The lowest BCUT2D eigenvalue weighted by Gasteiger charge is -2.30. The predicted octanol–water partition coefficient (Wildman–Crippen LogP) is 1.16. The number of nitrogens with zero attached hydrogens (tertiary/aromatic N) is 2. The van der Waals surface area contributed by atoms with Crippen LogP contribution >= 0.6 is 0 Å². The van der Waals surface area contributed by atoms with Crippen molar-refractivity contribution >= 4 is 21.9 Å². The third-order valence-electron chi connectivity index (χ3n) is 2.69. The molecule has 1 aromatic carbocycles. The van der Waals surface area contributed by atoms with Gasteiger partial charge in [-0.05, 0) is 26.0 Å².